The van der Waals surface area contributed by atoms with Crippen LogP contribution in [0.4, 0.5) is 0 Å². The number of benzene rings is 2. The molecule has 2 aromatic heterocycles. The summed E-state index contributed by atoms with van der Waals surface area (Å²) >= 11 is 0. The summed E-state index contributed by atoms with van der Waals surface area (Å²) in [6.07, 6.45) is 0. The Hall–Kier alpha value is -3.61. The molecule has 0 unspecified atom stereocenters. The highest BCUT2D eigenvalue weighted by atomic mass is 16.5. The smallest absolute Gasteiger partial charge is 0.287 e. The number of para-hydroxylation sites is 1. The van der Waals surface area contributed by atoms with Crippen LogP contribution in [0.5, 0.6) is 5.75 Å². The molecule has 0 aliphatic rings. The number of carbonyl (C=O) groups is 1. The molecule has 26 heavy (non-hydrogen) atoms. The lowest BCUT2D eigenvalue weighted by atomic mass is 10.2. The molecule has 0 bridgehead atoms. The van der Waals surface area contributed by atoms with E-state index in [0.717, 1.165) is 16.7 Å². The fourth-order valence-corrected chi connectivity index (χ4v) is 2.52. The predicted octanol–water partition coefficient (Wildman–Crippen LogP) is 3.42. The van der Waals surface area contributed by atoms with Gasteiger partial charge in [0.25, 0.3) is 5.91 Å². The van der Waals surface area contributed by atoms with Crippen LogP contribution in [-0.2, 0) is 6.54 Å². The summed E-state index contributed by atoms with van der Waals surface area (Å²) in [4.78, 5) is 16.5. The van der Waals surface area contributed by atoms with E-state index in [1.54, 1.807) is 13.2 Å². The van der Waals surface area contributed by atoms with Crippen molar-refractivity contribution in [3.05, 3.63) is 66.2 Å². The van der Waals surface area contributed by atoms with Crippen LogP contribution in [0.15, 0.2) is 63.5 Å². The first kappa shape index (κ1) is 15.9. The Labute approximate surface area is 148 Å². The number of rotatable bonds is 5. The highest BCUT2D eigenvalue weighted by Crippen LogP contribution is 2.20. The normalized spacial score (nSPS) is 10.8. The highest BCUT2D eigenvalue weighted by Gasteiger charge is 2.14. The lowest BCUT2D eigenvalue weighted by Crippen LogP contribution is -2.22. The van der Waals surface area contributed by atoms with E-state index < -0.39 is 0 Å². The second-order valence-electron chi connectivity index (χ2n) is 5.57. The fourth-order valence-electron chi connectivity index (χ4n) is 2.52. The Bertz CT molecular complexity index is 1020. The minimum atomic E-state index is -0.342. The maximum Gasteiger partial charge on any atom is 0.287 e. The summed E-state index contributed by atoms with van der Waals surface area (Å²) in [5.74, 6) is 1.39. The Kier molecular flexibility index (Phi) is 4.10. The van der Waals surface area contributed by atoms with Gasteiger partial charge in [-0.3, -0.25) is 4.79 Å². The van der Waals surface area contributed by atoms with Gasteiger partial charge in [0, 0.05) is 10.9 Å². The zero-order valence-corrected chi connectivity index (χ0v) is 13.9. The van der Waals surface area contributed by atoms with Crippen LogP contribution in [0.1, 0.15) is 16.4 Å². The first-order chi connectivity index (χ1) is 12.7. The number of methoxy groups -OCH3 is 1. The zero-order chi connectivity index (χ0) is 17.9. The molecule has 0 saturated carbocycles. The average Bonchev–Trinajstić information content (AvgIpc) is 3.33. The zero-order valence-electron chi connectivity index (χ0n) is 13.9. The third-order valence-corrected chi connectivity index (χ3v) is 3.87. The maximum atomic E-state index is 12.2. The van der Waals surface area contributed by atoms with Gasteiger partial charge < -0.3 is 19.0 Å². The third kappa shape index (κ3) is 3.14. The van der Waals surface area contributed by atoms with Gasteiger partial charge in [0.1, 0.15) is 11.3 Å². The van der Waals surface area contributed by atoms with Crippen molar-refractivity contribution < 1.29 is 18.5 Å². The Morgan fingerprint density at radius 2 is 1.96 bits per heavy atom. The molecule has 130 valence electrons. The van der Waals surface area contributed by atoms with E-state index >= 15 is 0 Å². The van der Waals surface area contributed by atoms with Gasteiger partial charge in [-0.05, 0) is 36.4 Å². The monoisotopic (exact) mass is 349 g/mol. The molecule has 0 radical (unpaired) electrons. The molecule has 7 heteroatoms. The topological polar surface area (TPSA) is 90.4 Å². The molecule has 0 fully saturated rings. The number of nitrogens with one attached hydrogen (secondary N) is 1. The van der Waals surface area contributed by atoms with Crippen molar-refractivity contribution in [1.29, 1.82) is 0 Å². The van der Waals surface area contributed by atoms with E-state index in [4.69, 9.17) is 13.7 Å². The molecule has 0 aliphatic carbocycles. The van der Waals surface area contributed by atoms with Crippen LogP contribution in [0.2, 0.25) is 0 Å². The minimum Gasteiger partial charge on any atom is -0.497 e. The van der Waals surface area contributed by atoms with Gasteiger partial charge in [-0.1, -0.05) is 23.4 Å². The molecule has 0 saturated heterocycles. The average molecular weight is 349 g/mol. The molecule has 4 aromatic rings. The molecule has 1 N–H and O–H groups in total. The lowest BCUT2D eigenvalue weighted by Gasteiger charge is -1.99. The van der Waals surface area contributed by atoms with Crippen LogP contribution in [-0.4, -0.2) is 23.2 Å². The van der Waals surface area contributed by atoms with Crippen LogP contribution in [0, 0.1) is 0 Å². The summed E-state index contributed by atoms with van der Waals surface area (Å²) < 4.78 is 15.8. The van der Waals surface area contributed by atoms with E-state index in [1.165, 1.54) is 0 Å². The largest absolute Gasteiger partial charge is 0.497 e. The van der Waals surface area contributed by atoms with Gasteiger partial charge in [0.2, 0.25) is 11.7 Å². The van der Waals surface area contributed by atoms with Gasteiger partial charge in [0.15, 0.2) is 5.76 Å². The molecule has 0 spiro atoms. The van der Waals surface area contributed by atoms with Crippen LogP contribution >= 0.6 is 0 Å². The number of nitrogens with zero attached hydrogens (tertiary/aromatic N) is 2. The number of hydrogen-bond acceptors (Lipinski definition) is 6. The predicted molar refractivity (Wildman–Crippen MR) is 93.7 cm³/mol. The Morgan fingerprint density at radius 1 is 1.15 bits per heavy atom. The summed E-state index contributed by atoms with van der Waals surface area (Å²) in [5.41, 5.74) is 1.46. The van der Waals surface area contributed by atoms with Crippen molar-refractivity contribution in [2.24, 2.45) is 0 Å². The van der Waals surface area contributed by atoms with E-state index in [1.807, 2.05) is 48.5 Å². The first-order valence-electron chi connectivity index (χ1n) is 7.97. The van der Waals surface area contributed by atoms with Crippen molar-refractivity contribution in [2.45, 2.75) is 6.54 Å². The second-order valence-corrected chi connectivity index (χ2v) is 5.57. The highest BCUT2D eigenvalue weighted by molar-refractivity contribution is 5.95. The summed E-state index contributed by atoms with van der Waals surface area (Å²) in [7, 11) is 1.60. The van der Waals surface area contributed by atoms with Crippen molar-refractivity contribution in [1.82, 2.24) is 15.5 Å². The summed E-state index contributed by atoms with van der Waals surface area (Å²) in [5, 5.41) is 7.51. The number of amides is 1. The molecule has 1 amide bonds. The maximum absolute atomic E-state index is 12.2. The van der Waals surface area contributed by atoms with E-state index in [-0.39, 0.29) is 18.2 Å². The van der Waals surface area contributed by atoms with Gasteiger partial charge in [-0.15, -0.1) is 0 Å². The van der Waals surface area contributed by atoms with Gasteiger partial charge in [0.05, 0.1) is 13.7 Å². The van der Waals surface area contributed by atoms with Crippen molar-refractivity contribution in [3.63, 3.8) is 0 Å². The number of hydrogen-bond donors (Lipinski definition) is 1. The molecule has 2 heterocycles. The Morgan fingerprint density at radius 3 is 2.73 bits per heavy atom. The van der Waals surface area contributed by atoms with Gasteiger partial charge in [-0.25, -0.2) is 0 Å². The number of ether oxygens (including phenoxy) is 1. The Balaban J connectivity index is 1.43. The molecule has 0 aliphatic heterocycles. The van der Waals surface area contributed by atoms with Crippen LogP contribution in [0.25, 0.3) is 22.4 Å². The van der Waals surface area contributed by atoms with E-state index in [2.05, 4.69) is 15.5 Å². The van der Waals surface area contributed by atoms with E-state index in [0.29, 0.717) is 17.3 Å². The number of fused-ring (bicyclic) bond motifs is 1. The SMILES string of the molecule is COc1ccc(-c2noc(CNC(=O)c3cc4ccccc4o3)n2)cc1. The van der Waals surface area contributed by atoms with Crippen molar-refractivity contribution in [3.8, 4) is 17.1 Å². The van der Waals surface area contributed by atoms with Gasteiger partial charge >= 0.3 is 0 Å². The second kappa shape index (κ2) is 6.72. The molecular formula is C19H15N3O4. The van der Waals surface area contributed by atoms with E-state index in [9.17, 15) is 4.79 Å². The molecule has 4 rings (SSSR count). The standard InChI is InChI=1S/C19H15N3O4/c1-24-14-8-6-12(7-9-14)18-21-17(26-22-18)11-20-19(23)16-10-13-4-2-3-5-15(13)25-16/h2-10H,11H2,1H3,(H,20,23). The summed E-state index contributed by atoms with van der Waals surface area (Å²) in [6.45, 7) is 0.110. The molecule has 7 nitrogen and oxygen atoms in total. The lowest BCUT2D eigenvalue weighted by molar-refractivity contribution is 0.0920. The van der Waals surface area contributed by atoms with Crippen LogP contribution < -0.4 is 10.1 Å². The van der Waals surface area contributed by atoms with Crippen molar-refractivity contribution in [2.75, 3.05) is 7.11 Å². The van der Waals surface area contributed by atoms with Crippen LogP contribution in [0.3, 0.4) is 0 Å². The number of aromatic nitrogens is 2. The summed E-state index contributed by atoms with van der Waals surface area (Å²) in [6, 6.07) is 16.4. The minimum absolute atomic E-state index is 0.110. The number of carbonyl (C=O) groups excluding carboxylic acids is 1. The van der Waals surface area contributed by atoms with Crippen molar-refractivity contribution >= 4 is 16.9 Å². The molecule has 2 aromatic carbocycles. The quantitative estimate of drug-likeness (QED) is 0.594. The molecular weight excluding hydrogens is 334 g/mol. The van der Waals surface area contributed by atoms with Gasteiger partial charge in [-0.2, -0.15) is 4.98 Å². The molecule has 0 atom stereocenters. The number of furan rings is 1. The first-order valence-corrected chi connectivity index (χ1v) is 7.97. The third-order valence-electron chi connectivity index (χ3n) is 3.87. The fraction of sp³-hybridized carbons (Fsp3) is 0.105.